The van der Waals surface area contributed by atoms with E-state index in [9.17, 15) is 9.59 Å². The lowest BCUT2D eigenvalue weighted by atomic mass is 10.1. The Labute approximate surface area is 151 Å². The first kappa shape index (κ1) is 17.8. The third-order valence-electron chi connectivity index (χ3n) is 4.55. The van der Waals surface area contributed by atoms with Gasteiger partial charge in [0.05, 0.1) is 6.54 Å². The van der Waals surface area contributed by atoms with Gasteiger partial charge in [-0.15, -0.1) is 21.5 Å². The van der Waals surface area contributed by atoms with Gasteiger partial charge in [0.2, 0.25) is 5.91 Å². The Kier molecular flexibility index (Phi) is 5.63. The predicted molar refractivity (Wildman–Crippen MR) is 96.8 cm³/mol. The van der Waals surface area contributed by atoms with Gasteiger partial charge in [0, 0.05) is 41.1 Å². The van der Waals surface area contributed by atoms with E-state index in [1.807, 2.05) is 19.9 Å². The average Bonchev–Trinajstić information content (AvgIpc) is 3.03. The summed E-state index contributed by atoms with van der Waals surface area (Å²) in [5.41, 5.74) is 0.748. The Morgan fingerprint density at radius 1 is 1.20 bits per heavy atom. The van der Waals surface area contributed by atoms with Crippen LogP contribution in [0.1, 0.15) is 63.9 Å². The third kappa shape index (κ3) is 4.34. The van der Waals surface area contributed by atoms with Crippen molar-refractivity contribution in [2.24, 2.45) is 0 Å². The molecule has 25 heavy (non-hydrogen) atoms. The number of carbonyl (C=O) groups is 2. The van der Waals surface area contributed by atoms with E-state index in [4.69, 9.17) is 0 Å². The van der Waals surface area contributed by atoms with Gasteiger partial charge in [0.25, 0.3) is 0 Å². The van der Waals surface area contributed by atoms with Gasteiger partial charge in [-0.1, -0.05) is 6.42 Å². The van der Waals surface area contributed by atoms with E-state index in [2.05, 4.69) is 20.1 Å². The van der Waals surface area contributed by atoms with Crippen molar-refractivity contribution < 1.29 is 9.59 Å². The molecule has 6 nitrogen and oxygen atoms in total. The van der Waals surface area contributed by atoms with E-state index < -0.39 is 0 Å². The van der Waals surface area contributed by atoms with Crippen molar-refractivity contribution in [3.05, 3.63) is 33.0 Å². The van der Waals surface area contributed by atoms with Gasteiger partial charge in [0.1, 0.15) is 5.82 Å². The van der Waals surface area contributed by atoms with Crippen molar-refractivity contribution >= 4 is 23.0 Å². The summed E-state index contributed by atoms with van der Waals surface area (Å²) in [7, 11) is 0. The molecule has 0 fully saturated rings. The zero-order chi connectivity index (χ0) is 17.8. The summed E-state index contributed by atoms with van der Waals surface area (Å²) in [6.45, 7) is 5.23. The normalized spacial score (nSPS) is 14.0. The van der Waals surface area contributed by atoms with Gasteiger partial charge in [-0.25, -0.2) is 0 Å². The fraction of sp³-hybridized carbons (Fsp3) is 0.556. The van der Waals surface area contributed by atoms with Gasteiger partial charge in [-0.2, -0.15) is 0 Å². The van der Waals surface area contributed by atoms with Crippen LogP contribution in [0.2, 0.25) is 0 Å². The monoisotopic (exact) mass is 360 g/mol. The Balaban J connectivity index is 1.49. The highest BCUT2D eigenvalue weighted by Gasteiger charge is 2.16. The maximum atomic E-state index is 12.2. The van der Waals surface area contributed by atoms with E-state index in [0.29, 0.717) is 6.54 Å². The van der Waals surface area contributed by atoms with E-state index in [1.54, 1.807) is 11.3 Å². The summed E-state index contributed by atoms with van der Waals surface area (Å²) < 4.78 is 2.12. The van der Waals surface area contributed by atoms with Crippen LogP contribution in [0.3, 0.4) is 0 Å². The van der Waals surface area contributed by atoms with Gasteiger partial charge >= 0.3 is 0 Å². The standard InChI is InChI=1S/C18H24N4O2S/c1-12-10-14(13(2)25-12)15(23)7-8-18(24)19-11-17-21-20-16-6-4-3-5-9-22(16)17/h10H,3-9,11H2,1-2H3,(H,19,24). The molecule has 1 N–H and O–H groups in total. The molecule has 0 radical (unpaired) electrons. The number of fused-ring (bicyclic) bond motifs is 1. The smallest absolute Gasteiger partial charge is 0.220 e. The van der Waals surface area contributed by atoms with Crippen molar-refractivity contribution in [1.29, 1.82) is 0 Å². The minimum Gasteiger partial charge on any atom is -0.349 e. The summed E-state index contributed by atoms with van der Waals surface area (Å²) in [6.07, 6.45) is 4.87. The minimum atomic E-state index is -0.121. The fourth-order valence-electron chi connectivity index (χ4n) is 3.21. The number of hydrogen-bond donors (Lipinski definition) is 1. The molecule has 0 aliphatic carbocycles. The highest BCUT2D eigenvalue weighted by Crippen LogP contribution is 2.22. The molecule has 0 saturated carbocycles. The first-order valence-electron chi connectivity index (χ1n) is 8.82. The number of aromatic nitrogens is 3. The minimum absolute atomic E-state index is 0.0355. The van der Waals surface area contributed by atoms with Crippen LogP contribution in [0.4, 0.5) is 0 Å². The van der Waals surface area contributed by atoms with E-state index >= 15 is 0 Å². The maximum Gasteiger partial charge on any atom is 0.220 e. The van der Waals surface area contributed by atoms with Gasteiger partial charge in [0.15, 0.2) is 11.6 Å². The molecule has 0 atom stereocenters. The van der Waals surface area contributed by atoms with Gasteiger partial charge in [-0.05, 0) is 32.8 Å². The van der Waals surface area contributed by atoms with Crippen molar-refractivity contribution in [2.45, 2.75) is 65.5 Å². The topological polar surface area (TPSA) is 76.9 Å². The number of carbonyl (C=O) groups excluding carboxylic acids is 2. The van der Waals surface area contributed by atoms with Crippen LogP contribution in [-0.2, 0) is 24.3 Å². The van der Waals surface area contributed by atoms with Crippen molar-refractivity contribution in [3.63, 3.8) is 0 Å². The van der Waals surface area contributed by atoms with E-state index in [-0.39, 0.29) is 24.5 Å². The van der Waals surface area contributed by atoms with Crippen LogP contribution in [0.15, 0.2) is 6.07 Å². The fourth-order valence-corrected chi connectivity index (χ4v) is 4.15. The SMILES string of the molecule is Cc1cc(C(=O)CCC(=O)NCc2nnc3n2CCCCC3)c(C)s1. The summed E-state index contributed by atoms with van der Waals surface area (Å²) in [5, 5.41) is 11.3. The molecule has 7 heteroatoms. The molecule has 0 unspecified atom stereocenters. The molecule has 0 spiro atoms. The molecule has 1 aliphatic rings. The number of Topliss-reactive ketones (excluding diaryl/α,β-unsaturated/α-hetero) is 1. The molecule has 0 aromatic carbocycles. The number of thiophene rings is 1. The molecule has 2 aromatic rings. The quantitative estimate of drug-likeness (QED) is 0.804. The third-order valence-corrected chi connectivity index (χ3v) is 5.52. The first-order chi connectivity index (χ1) is 12.0. The molecular formula is C18H24N4O2S. The second-order valence-electron chi connectivity index (χ2n) is 6.52. The molecule has 1 aliphatic heterocycles. The number of nitrogens with one attached hydrogen (secondary N) is 1. The van der Waals surface area contributed by atoms with Gasteiger partial charge in [-0.3, -0.25) is 9.59 Å². The summed E-state index contributed by atoms with van der Waals surface area (Å²) in [5.74, 6) is 1.73. The number of ketones is 1. The second-order valence-corrected chi connectivity index (χ2v) is 7.98. The first-order valence-corrected chi connectivity index (χ1v) is 9.64. The Hall–Kier alpha value is -2.02. The Morgan fingerprint density at radius 2 is 2.04 bits per heavy atom. The van der Waals surface area contributed by atoms with Crippen LogP contribution >= 0.6 is 11.3 Å². The number of rotatable bonds is 6. The average molecular weight is 360 g/mol. The molecule has 2 aromatic heterocycles. The van der Waals surface area contributed by atoms with Crippen LogP contribution in [0, 0.1) is 13.8 Å². The molecule has 1 amide bonds. The zero-order valence-electron chi connectivity index (χ0n) is 14.8. The number of aryl methyl sites for hydroxylation is 3. The van der Waals surface area contributed by atoms with Gasteiger partial charge < -0.3 is 9.88 Å². The summed E-state index contributed by atoms with van der Waals surface area (Å²) in [4.78, 5) is 26.5. The molecule has 3 rings (SSSR count). The van der Waals surface area contributed by atoms with E-state index in [1.165, 1.54) is 6.42 Å². The zero-order valence-corrected chi connectivity index (χ0v) is 15.6. The van der Waals surface area contributed by atoms with Crippen molar-refractivity contribution in [2.75, 3.05) is 0 Å². The Bertz CT molecular complexity index is 778. The van der Waals surface area contributed by atoms with Crippen molar-refractivity contribution in [1.82, 2.24) is 20.1 Å². The summed E-state index contributed by atoms with van der Waals surface area (Å²) in [6, 6.07) is 1.91. The molecule has 0 bridgehead atoms. The van der Waals surface area contributed by atoms with Crippen LogP contribution in [-0.4, -0.2) is 26.5 Å². The lowest BCUT2D eigenvalue weighted by molar-refractivity contribution is -0.121. The number of nitrogens with zero attached hydrogens (tertiary/aromatic N) is 3. The second kappa shape index (κ2) is 7.91. The van der Waals surface area contributed by atoms with Crippen LogP contribution in [0.25, 0.3) is 0 Å². The maximum absolute atomic E-state index is 12.2. The van der Waals surface area contributed by atoms with Crippen LogP contribution < -0.4 is 5.32 Å². The van der Waals surface area contributed by atoms with Crippen molar-refractivity contribution in [3.8, 4) is 0 Å². The van der Waals surface area contributed by atoms with E-state index in [0.717, 1.165) is 52.8 Å². The molecule has 134 valence electrons. The molecule has 0 saturated heterocycles. The summed E-state index contributed by atoms with van der Waals surface area (Å²) >= 11 is 1.62. The number of amides is 1. The highest BCUT2D eigenvalue weighted by molar-refractivity contribution is 7.12. The molecular weight excluding hydrogens is 336 g/mol. The highest BCUT2D eigenvalue weighted by atomic mass is 32.1. The molecule has 3 heterocycles. The van der Waals surface area contributed by atoms with Crippen LogP contribution in [0.5, 0.6) is 0 Å². The predicted octanol–water partition coefficient (Wildman–Crippen LogP) is 2.96. The number of hydrogen-bond acceptors (Lipinski definition) is 5. The largest absolute Gasteiger partial charge is 0.349 e. The Morgan fingerprint density at radius 3 is 2.80 bits per heavy atom. The lowest BCUT2D eigenvalue weighted by Gasteiger charge is -2.08. The lowest BCUT2D eigenvalue weighted by Crippen LogP contribution is -2.25.